The van der Waals surface area contributed by atoms with Gasteiger partial charge < -0.3 is 4.57 Å². The van der Waals surface area contributed by atoms with E-state index in [1.807, 2.05) is 18.3 Å². The Labute approximate surface area is 256 Å². The van der Waals surface area contributed by atoms with E-state index in [2.05, 4.69) is 140 Å². The number of hydrogen-bond acceptors (Lipinski definition) is 2. The first kappa shape index (κ1) is 25.0. The van der Waals surface area contributed by atoms with E-state index in [0.717, 1.165) is 38.8 Å². The van der Waals surface area contributed by atoms with Crippen molar-refractivity contribution in [1.29, 1.82) is 0 Å². The monoisotopic (exact) mass is 563 g/mol. The van der Waals surface area contributed by atoms with Crippen LogP contribution in [0.25, 0.3) is 71.9 Å². The number of nitrogens with zero attached hydrogens (tertiary/aromatic N) is 3. The smallest absolute Gasteiger partial charge is 0.0824 e. The minimum Gasteiger partial charge on any atom is -0.316 e. The first-order chi connectivity index (χ1) is 21.6. The molecule has 0 amide bonds. The number of hydrogen-bond donors (Lipinski definition) is 0. The molecule has 1 aliphatic carbocycles. The summed E-state index contributed by atoms with van der Waals surface area (Å²) in [6.45, 7) is 4.73. The Hall–Kier alpha value is -5.54. The molecule has 44 heavy (non-hydrogen) atoms. The topological polar surface area (TPSA) is 30.7 Å². The summed E-state index contributed by atoms with van der Waals surface area (Å²) in [5.74, 6) is 0. The molecule has 0 N–H and O–H groups in total. The lowest BCUT2D eigenvalue weighted by Gasteiger charge is -2.28. The summed E-state index contributed by atoms with van der Waals surface area (Å²) >= 11 is 0. The molecule has 0 atom stereocenters. The van der Waals surface area contributed by atoms with Crippen molar-refractivity contribution in [2.45, 2.75) is 19.3 Å². The Morgan fingerprint density at radius 3 is 2.11 bits per heavy atom. The van der Waals surface area contributed by atoms with Crippen LogP contribution in [0, 0.1) is 0 Å². The van der Waals surface area contributed by atoms with Crippen molar-refractivity contribution in [1.82, 2.24) is 14.5 Å². The molecule has 3 aromatic heterocycles. The summed E-state index contributed by atoms with van der Waals surface area (Å²) in [6, 6.07) is 45.8. The lowest BCUT2D eigenvalue weighted by molar-refractivity contribution is 0.647. The van der Waals surface area contributed by atoms with Crippen LogP contribution in [0.3, 0.4) is 0 Å². The third-order valence-electron chi connectivity index (χ3n) is 9.48. The van der Waals surface area contributed by atoms with Gasteiger partial charge in [0.25, 0.3) is 0 Å². The van der Waals surface area contributed by atoms with E-state index in [4.69, 9.17) is 9.97 Å². The number of aromatic nitrogens is 3. The lowest BCUT2D eigenvalue weighted by Crippen LogP contribution is -2.20. The summed E-state index contributed by atoms with van der Waals surface area (Å²) in [6.07, 6.45) is 4.07. The maximum Gasteiger partial charge on any atom is 0.0824 e. The fraction of sp³-hybridized carbons (Fsp3) is 0.0732. The van der Waals surface area contributed by atoms with Gasteiger partial charge in [0, 0.05) is 39.5 Å². The van der Waals surface area contributed by atoms with Gasteiger partial charge in [-0.05, 0) is 75.8 Å². The van der Waals surface area contributed by atoms with Gasteiger partial charge in [0.2, 0.25) is 0 Å². The van der Waals surface area contributed by atoms with Gasteiger partial charge in [-0.25, -0.2) is 4.98 Å². The molecule has 5 aromatic carbocycles. The van der Waals surface area contributed by atoms with Crippen LogP contribution in [0.15, 0.2) is 140 Å². The largest absolute Gasteiger partial charge is 0.316 e. The Morgan fingerprint density at radius 1 is 0.568 bits per heavy atom. The molecule has 0 spiro atoms. The van der Waals surface area contributed by atoms with Crippen molar-refractivity contribution in [2.24, 2.45) is 0 Å². The molecule has 0 fully saturated rings. The maximum atomic E-state index is 5.23. The fourth-order valence-corrected chi connectivity index (χ4v) is 7.35. The van der Waals surface area contributed by atoms with Crippen LogP contribution in [0.5, 0.6) is 0 Å². The first-order valence-electron chi connectivity index (χ1n) is 15.2. The SMILES string of the molecule is CC1(C)c2ccccc2-c2ccccc2-c2cc3ccn(-c4ccccc4-c4nc5ccccc5c5ncccc45)c3cc21. The Balaban J connectivity index is 1.32. The highest BCUT2D eigenvalue weighted by molar-refractivity contribution is 6.09. The standard InChI is InChI=1S/C41H29N3/c1-41(2)34-18-8-5-14-29(34)27-12-3-4-13-28(27)33-24-26-21-23-44(38(26)25-35(33)41)37-20-10-7-16-31(37)40-32-17-11-22-42-39(32)30-15-6-9-19-36(30)43-40/h3-25H,1-2H3. The van der Waals surface area contributed by atoms with Gasteiger partial charge >= 0.3 is 0 Å². The predicted octanol–water partition coefficient (Wildman–Crippen LogP) is 10.4. The van der Waals surface area contributed by atoms with Gasteiger partial charge in [-0.1, -0.05) is 98.8 Å². The molecule has 3 heterocycles. The summed E-state index contributed by atoms with van der Waals surface area (Å²) < 4.78 is 2.34. The average Bonchev–Trinajstić information content (AvgIpc) is 3.47. The van der Waals surface area contributed by atoms with Crippen molar-refractivity contribution >= 4 is 32.7 Å². The van der Waals surface area contributed by atoms with Gasteiger partial charge in [0.1, 0.15) is 0 Å². The maximum absolute atomic E-state index is 5.23. The normalized spacial score (nSPS) is 13.4. The Kier molecular flexibility index (Phi) is 5.24. The zero-order valence-electron chi connectivity index (χ0n) is 24.6. The predicted molar refractivity (Wildman–Crippen MR) is 182 cm³/mol. The quantitative estimate of drug-likeness (QED) is 0.196. The van der Waals surface area contributed by atoms with Crippen LogP contribution in [0.2, 0.25) is 0 Å². The van der Waals surface area contributed by atoms with E-state index >= 15 is 0 Å². The van der Waals surface area contributed by atoms with Crippen LogP contribution in [-0.2, 0) is 5.41 Å². The molecule has 0 unspecified atom stereocenters. The van der Waals surface area contributed by atoms with E-state index in [1.165, 1.54) is 44.3 Å². The van der Waals surface area contributed by atoms with E-state index in [9.17, 15) is 0 Å². The molecule has 9 rings (SSSR count). The molecule has 208 valence electrons. The van der Waals surface area contributed by atoms with Crippen LogP contribution in [0.1, 0.15) is 25.0 Å². The summed E-state index contributed by atoms with van der Waals surface area (Å²) in [7, 11) is 0. The summed E-state index contributed by atoms with van der Waals surface area (Å²) in [5, 5.41) is 3.34. The third kappa shape index (κ3) is 3.50. The number of para-hydroxylation sites is 2. The van der Waals surface area contributed by atoms with Gasteiger partial charge in [0.05, 0.1) is 27.9 Å². The fourth-order valence-electron chi connectivity index (χ4n) is 7.35. The molecule has 3 nitrogen and oxygen atoms in total. The lowest BCUT2D eigenvalue weighted by atomic mass is 9.75. The number of rotatable bonds is 2. The third-order valence-corrected chi connectivity index (χ3v) is 9.48. The van der Waals surface area contributed by atoms with Crippen molar-refractivity contribution in [3.8, 4) is 39.2 Å². The minimum atomic E-state index is -0.199. The van der Waals surface area contributed by atoms with Crippen molar-refractivity contribution in [3.63, 3.8) is 0 Å². The number of fused-ring (bicyclic) bond motifs is 9. The van der Waals surface area contributed by atoms with Crippen LogP contribution >= 0.6 is 0 Å². The molecule has 0 saturated heterocycles. The molecule has 8 aromatic rings. The molecule has 0 aliphatic heterocycles. The van der Waals surface area contributed by atoms with Crippen LogP contribution in [-0.4, -0.2) is 14.5 Å². The molecular formula is C41H29N3. The van der Waals surface area contributed by atoms with Crippen LogP contribution < -0.4 is 0 Å². The van der Waals surface area contributed by atoms with Crippen molar-refractivity contribution in [2.75, 3.05) is 0 Å². The number of benzene rings is 5. The van der Waals surface area contributed by atoms with Crippen LogP contribution in [0.4, 0.5) is 0 Å². The highest BCUT2D eigenvalue weighted by atomic mass is 15.0. The molecule has 0 radical (unpaired) electrons. The van der Waals surface area contributed by atoms with E-state index in [0.29, 0.717) is 0 Å². The molecule has 3 heteroatoms. The first-order valence-corrected chi connectivity index (χ1v) is 15.2. The van der Waals surface area contributed by atoms with Gasteiger partial charge in [-0.3, -0.25) is 4.98 Å². The second-order valence-corrected chi connectivity index (χ2v) is 12.3. The van der Waals surface area contributed by atoms with Gasteiger partial charge in [0.15, 0.2) is 0 Å². The minimum absolute atomic E-state index is 0.199. The van der Waals surface area contributed by atoms with E-state index in [1.54, 1.807) is 0 Å². The molecule has 1 aliphatic rings. The van der Waals surface area contributed by atoms with E-state index in [-0.39, 0.29) is 5.41 Å². The van der Waals surface area contributed by atoms with E-state index < -0.39 is 0 Å². The second-order valence-electron chi connectivity index (χ2n) is 12.3. The second kappa shape index (κ2) is 9.23. The highest BCUT2D eigenvalue weighted by Gasteiger charge is 2.33. The average molecular weight is 564 g/mol. The van der Waals surface area contributed by atoms with Crippen molar-refractivity contribution < 1.29 is 0 Å². The summed E-state index contributed by atoms with van der Waals surface area (Å²) in [5.41, 5.74) is 13.9. The van der Waals surface area contributed by atoms with Gasteiger partial charge in [-0.15, -0.1) is 0 Å². The Bertz CT molecular complexity index is 2430. The highest BCUT2D eigenvalue weighted by Crippen LogP contribution is 2.49. The zero-order chi connectivity index (χ0) is 29.4. The van der Waals surface area contributed by atoms with Crippen molar-refractivity contribution in [3.05, 3.63) is 151 Å². The molecule has 0 bridgehead atoms. The molecular weight excluding hydrogens is 534 g/mol. The Morgan fingerprint density at radius 2 is 1.25 bits per heavy atom. The van der Waals surface area contributed by atoms with Gasteiger partial charge in [-0.2, -0.15) is 0 Å². The molecule has 0 saturated carbocycles. The summed E-state index contributed by atoms with van der Waals surface area (Å²) in [4.78, 5) is 10.0. The number of pyridine rings is 2. The zero-order valence-corrected chi connectivity index (χ0v) is 24.6.